The van der Waals surface area contributed by atoms with Crippen LogP contribution in [0.5, 0.6) is 0 Å². The third-order valence-electron chi connectivity index (χ3n) is 5.44. The van der Waals surface area contributed by atoms with E-state index in [2.05, 4.69) is 64.9 Å². The van der Waals surface area contributed by atoms with E-state index in [1.54, 1.807) is 10.8 Å². The van der Waals surface area contributed by atoms with Gasteiger partial charge < -0.3 is 4.98 Å². The highest BCUT2D eigenvalue weighted by atomic mass is 28.3. The lowest BCUT2D eigenvalue weighted by Crippen LogP contribution is -2.56. The summed E-state index contributed by atoms with van der Waals surface area (Å²) in [6, 6.07) is 2.40. The van der Waals surface area contributed by atoms with Gasteiger partial charge in [-0.1, -0.05) is 47.6 Å². The van der Waals surface area contributed by atoms with Crippen molar-refractivity contribution >= 4 is 18.8 Å². The van der Waals surface area contributed by atoms with E-state index in [0.29, 0.717) is 0 Å². The van der Waals surface area contributed by atoms with Crippen molar-refractivity contribution < 1.29 is 0 Å². The molecular formula is C18H31NSi. The molecule has 1 heterocycles. The number of hydrogen-bond donors (Lipinski definition) is 1. The standard InChI is InChI=1S/C18H31NSi/c1-13(2)20(14(3)4,15(5)6)17-11-12-19-18(17)16-9-7-8-10-16/h9,11-15,19H,7-8,10H2,1-6H3. The first-order chi connectivity index (χ1) is 9.42. The third-order valence-corrected chi connectivity index (χ3v) is 12.5. The fraction of sp³-hybridized carbons (Fsp3) is 0.667. The molecular weight excluding hydrogens is 258 g/mol. The van der Waals surface area contributed by atoms with Gasteiger partial charge >= 0.3 is 0 Å². The molecule has 0 radical (unpaired) electrons. The summed E-state index contributed by atoms with van der Waals surface area (Å²) in [5.41, 5.74) is 5.38. The SMILES string of the molecule is CC(C)[Si](c1cc[nH]c1C1=CCCC1)(C(C)C)C(C)C. The molecule has 0 aliphatic heterocycles. The normalized spacial score (nSPS) is 16.6. The van der Waals surface area contributed by atoms with Crippen LogP contribution >= 0.6 is 0 Å². The van der Waals surface area contributed by atoms with Crippen molar-refractivity contribution in [2.24, 2.45) is 0 Å². The monoisotopic (exact) mass is 289 g/mol. The van der Waals surface area contributed by atoms with Gasteiger partial charge in [0.2, 0.25) is 0 Å². The molecule has 0 saturated heterocycles. The zero-order valence-corrected chi connectivity index (χ0v) is 15.1. The molecule has 112 valence electrons. The summed E-state index contributed by atoms with van der Waals surface area (Å²) in [5, 5.41) is 1.69. The highest BCUT2D eigenvalue weighted by molar-refractivity contribution is 6.95. The molecule has 1 aromatic heterocycles. The Labute approximate surface area is 125 Å². The van der Waals surface area contributed by atoms with Gasteiger partial charge in [-0.3, -0.25) is 0 Å². The van der Waals surface area contributed by atoms with Gasteiger partial charge in [-0.05, 0) is 52.7 Å². The van der Waals surface area contributed by atoms with Crippen LogP contribution in [0.25, 0.3) is 5.57 Å². The molecule has 0 fully saturated rings. The maximum atomic E-state index is 3.58. The lowest BCUT2D eigenvalue weighted by Gasteiger charge is -2.43. The Balaban J connectivity index is 2.58. The summed E-state index contributed by atoms with van der Waals surface area (Å²) in [6.45, 7) is 14.7. The second kappa shape index (κ2) is 5.93. The van der Waals surface area contributed by atoms with E-state index >= 15 is 0 Å². The minimum absolute atomic E-state index is 0.777. The Bertz CT molecular complexity index is 458. The molecule has 0 atom stereocenters. The average molecular weight is 290 g/mol. The minimum Gasteiger partial charge on any atom is -0.362 e. The van der Waals surface area contributed by atoms with Gasteiger partial charge in [0.25, 0.3) is 0 Å². The summed E-state index contributed by atoms with van der Waals surface area (Å²) < 4.78 is 0. The number of aromatic nitrogens is 1. The Hall–Kier alpha value is -0.763. The average Bonchev–Trinajstić information content (AvgIpc) is 2.96. The Morgan fingerprint density at radius 1 is 1.00 bits per heavy atom. The van der Waals surface area contributed by atoms with Crippen LogP contribution in [0.15, 0.2) is 18.3 Å². The number of aromatic amines is 1. The predicted octanol–water partition coefficient (Wildman–Crippen LogP) is 5.47. The molecule has 1 aliphatic rings. The van der Waals surface area contributed by atoms with Crippen molar-refractivity contribution in [2.45, 2.75) is 77.4 Å². The first-order valence-electron chi connectivity index (χ1n) is 8.29. The molecule has 2 heteroatoms. The van der Waals surface area contributed by atoms with Crippen molar-refractivity contribution in [3.8, 4) is 0 Å². The summed E-state index contributed by atoms with van der Waals surface area (Å²) >= 11 is 0. The lowest BCUT2D eigenvalue weighted by atomic mass is 10.2. The Morgan fingerprint density at radius 3 is 2.05 bits per heavy atom. The number of allylic oxidation sites excluding steroid dienone is 2. The molecule has 0 amide bonds. The second-order valence-electron chi connectivity index (χ2n) is 7.29. The van der Waals surface area contributed by atoms with E-state index in [9.17, 15) is 0 Å². The van der Waals surface area contributed by atoms with E-state index in [0.717, 1.165) is 16.6 Å². The van der Waals surface area contributed by atoms with E-state index in [1.165, 1.54) is 25.0 Å². The molecule has 1 aliphatic carbocycles. The van der Waals surface area contributed by atoms with Gasteiger partial charge in [-0.15, -0.1) is 0 Å². The van der Waals surface area contributed by atoms with Gasteiger partial charge in [0.1, 0.15) is 0 Å². The molecule has 20 heavy (non-hydrogen) atoms. The van der Waals surface area contributed by atoms with Crippen LogP contribution in [-0.4, -0.2) is 13.1 Å². The molecule has 0 unspecified atom stereocenters. The van der Waals surface area contributed by atoms with Crippen LogP contribution in [0.2, 0.25) is 16.6 Å². The van der Waals surface area contributed by atoms with Crippen LogP contribution in [0.1, 0.15) is 66.5 Å². The lowest BCUT2D eigenvalue weighted by molar-refractivity contribution is 0.834. The smallest absolute Gasteiger partial charge is 0.0970 e. The quantitative estimate of drug-likeness (QED) is 0.692. The van der Waals surface area contributed by atoms with Crippen LogP contribution in [-0.2, 0) is 0 Å². The van der Waals surface area contributed by atoms with Crippen LogP contribution in [0.3, 0.4) is 0 Å². The fourth-order valence-corrected chi connectivity index (χ4v) is 11.7. The van der Waals surface area contributed by atoms with E-state index in [4.69, 9.17) is 0 Å². The minimum atomic E-state index is -1.54. The molecule has 1 nitrogen and oxygen atoms in total. The maximum absolute atomic E-state index is 3.58. The third kappa shape index (κ3) is 2.32. The van der Waals surface area contributed by atoms with Crippen LogP contribution in [0, 0.1) is 0 Å². The summed E-state index contributed by atoms with van der Waals surface area (Å²) in [6.07, 6.45) is 8.47. The highest BCUT2D eigenvalue weighted by Crippen LogP contribution is 2.42. The van der Waals surface area contributed by atoms with Gasteiger partial charge in [0.15, 0.2) is 0 Å². The molecule has 0 spiro atoms. The molecule has 0 saturated carbocycles. The van der Waals surface area contributed by atoms with Crippen molar-refractivity contribution in [1.82, 2.24) is 4.98 Å². The van der Waals surface area contributed by atoms with Gasteiger partial charge in [-0.25, -0.2) is 0 Å². The molecule has 0 bridgehead atoms. The predicted molar refractivity (Wildman–Crippen MR) is 93.3 cm³/mol. The van der Waals surface area contributed by atoms with Crippen LogP contribution < -0.4 is 5.19 Å². The summed E-state index contributed by atoms with van der Waals surface area (Å²) in [4.78, 5) is 3.58. The second-order valence-corrected chi connectivity index (χ2v) is 13.2. The first-order valence-corrected chi connectivity index (χ1v) is 10.5. The zero-order valence-electron chi connectivity index (χ0n) is 14.1. The van der Waals surface area contributed by atoms with Crippen molar-refractivity contribution in [1.29, 1.82) is 0 Å². The van der Waals surface area contributed by atoms with Crippen molar-refractivity contribution in [3.05, 3.63) is 24.0 Å². The fourth-order valence-electron chi connectivity index (χ4n) is 4.83. The van der Waals surface area contributed by atoms with E-state index in [-0.39, 0.29) is 0 Å². The first kappa shape index (κ1) is 15.6. The molecule has 1 N–H and O–H groups in total. The molecule has 0 aromatic carbocycles. The zero-order chi connectivity index (χ0) is 14.9. The number of H-pyrrole nitrogens is 1. The summed E-state index contributed by atoms with van der Waals surface area (Å²) in [7, 11) is -1.54. The number of nitrogens with one attached hydrogen (secondary N) is 1. The van der Waals surface area contributed by atoms with Gasteiger partial charge in [0, 0.05) is 11.9 Å². The van der Waals surface area contributed by atoms with Crippen LogP contribution in [0.4, 0.5) is 0 Å². The maximum Gasteiger partial charge on any atom is 0.0970 e. The topological polar surface area (TPSA) is 15.8 Å². The largest absolute Gasteiger partial charge is 0.362 e. The van der Waals surface area contributed by atoms with Gasteiger partial charge in [0.05, 0.1) is 8.07 Å². The Kier molecular flexibility index (Phi) is 4.63. The number of rotatable bonds is 5. The molecule has 2 rings (SSSR count). The Morgan fingerprint density at radius 2 is 1.60 bits per heavy atom. The van der Waals surface area contributed by atoms with Crippen molar-refractivity contribution in [3.63, 3.8) is 0 Å². The van der Waals surface area contributed by atoms with E-state index in [1.807, 2.05) is 0 Å². The van der Waals surface area contributed by atoms with Gasteiger partial charge in [-0.2, -0.15) is 0 Å². The highest BCUT2D eigenvalue weighted by Gasteiger charge is 2.46. The van der Waals surface area contributed by atoms with Crippen molar-refractivity contribution in [2.75, 3.05) is 0 Å². The molecule has 1 aromatic rings. The summed E-state index contributed by atoms with van der Waals surface area (Å²) in [5.74, 6) is 0. The van der Waals surface area contributed by atoms with E-state index < -0.39 is 8.07 Å². The number of hydrogen-bond acceptors (Lipinski definition) is 0.